The fourth-order valence-electron chi connectivity index (χ4n) is 1.49. The Morgan fingerprint density at radius 2 is 2.24 bits per heavy atom. The second-order valence-electron chi connectivity index (χ2n) is 3.39. The molecule has 1 heterocycles. The quantitative estimate of drug-likeness (QED) is 0.765. The zero-order chi connectivity index (χ0) is 12.3. The summed E-state index contributed by atoms with van der Waals surface area (Å²) in [5.41, 5.74) is 0.556. The lowest BCUT2D eigenvalue weighted by Gasteiger charge is -2.04. The Hall–Kier alpha value is -2.10. The van der Waals surface area contributed by atoms with Crippen molar-refractivity contribution < 1.29 is 18.3 Å². The van der Waals surface area contributed by atoms with E-state index >= 15 is 0 Å². The molecule has 1 aromatic carbocycles. The second-order valence-corrected chi connectivity index (χ2v) is 3.39. The average molecular weight is 234 g/mol. The smallest absolute Gasteiger partial charge is 0.338 e. The highest BCUT2D eigenvalue weighted by molar-refractivity contribution is 5.90. The highest BCUT2D eigenvalue weighted by Gasteiger charge is 2.13. The van der Waals surface area contributed by atoms with E-state index < -0.39 is 11.8 Å². The second kappa shape index (κ2) is 4.82. The van der Waals surface area contributed by atoms with E-state index in [1.54, 1.807) is 19.1 Å². The zero-order valence-electron chi connectivity index (χ0n) is 9.27. The average Bonchev–Trinajstić information content (AvgIpc) is 2.83. The molecule has 0 aliphatic heterocycles. The standard InChI is InChI=1S/C13H11FO3/c1-2-16-13(15)9-5-6-11(14)10(8-9)12-4-3-7-17-12/h3-8H,2H2,1H3. The van der Waals surface area contributed by atoms with Gasteiger partial charge < -0.3 is 9.15 Å². The number of halogens is 1. The third-order valence-electron chi connectivity index (χ3n) is 2.26. The Kier molecular flexibility index (Phi) is 3.23. The molecule has 0 N–H and O–H groups in total. The topological polar surface area (TPSA) is 39.4 Å². The van der Waals surface area contributed by atoms with Gasteiger partial charge in [0.15, 0.2) is 0 Å². The van der Waals surface area contributed by atoms with Crippen molar-refractivity contribution >= 4 is 5.97 Å². The van der Waals surface area contributed by atoms with Gasteiger partial charge in [-0.05, 0) is 37.3 Å². The van der Waals surface area contributed by atoms with E-state index in [9.17, 15) is 9.18 Å². The minimum Gasteiger partial charge on any atom is -0.464 e. The third-order valence-corrected chi connectivity index (χ3v) is 2.26. The molecule has 0 saturated carbocycles. The predicted octanol–water partition coefficient (Wildman–Crippen LogP) is 3.26. The van der Waals surface area contributed by atoms with Gasteiger partial charge in [-0.3, -0.25) is 0 Å². The van der Waals surface area contributed by atoms with Crippen molar-refractivity contribution in [3.8, 4) is 11.3 Å². The van der Waals surface area contributed by atoms with Crippen LogP contribution >= 0.6 is 0 Å². The van der Waals surface area contributed by atoms with Gasteiger partial charge in [0.25, 0.3) is 0 Å². The number of carbonyl (C=O) groups excluding carboxylic acids is 1. The van der Waals surface area contributed by atoms with E-state index in [-0.39, 0.29) is 12.2 Å². The maximum Gasteiger partial charge on any atom is 0.338 e. The van der Waals surface area contributed by atoms with Crippen molar-refractivity contribution in [3.05, 3.63) is 48.0 Å². The number of ether oxygens (including phenoxy) is 1. The summed E-state index contributed by atoms with van der Waals surface area (Å²) in [4.78, 5) is 11.5. The molecular formula is C13H11FO3. The highest BCUT2D eigenvalue weighted by atomic mass is 19.1. The number of carbonyl (C=O) groups is 1. The van der Waals surface area contributed by atoms with Crippen LogP contribution in [0.25, 0.3) is 11.3 Å². The lowest BCUT2D eigenvalue weighted by molar-refractivity contribution is 0.0526. The largest absolute Gasteiger partial charge is 0.464 e. The number of furan rings is 1. The van der Waals surface area contributed by atoms with E-state index in [0.717, 1.165) is 0 Å². The Bertz CT molecular complexity index is 517. The van der Waals surface area contributed by atoms with Crippen LogP contribution in [0, 0.1) is 5.82 Å². The summed E-state index contributed by atoms with van der Waals surface area (Å²) in [6.45, 7) is 2.00. The van der Waals surface area contributed by atoms with Crippen LogP contribution in [0.15, 0.2) is 41.0 Å². The number of benzene rings is 1. The third kappa shape index (κ3) is 2.36. The van der Waals surface area contributed by atoms with Crippen molar-refractivity contribution in [1.82, 2.24) is 0 Å². The molecule has 0 amide bonds. The van der Waals surface area contributed by atoms with Crippen LogP contribution in [-0.2, 0) is 4.74 Å². The normalized spacial score (nSPS) is 10.2. The van der Waals surface area contributed by atoms with Crippen molar-refractivity contribution in [3.63, 3.8) is 0 Å². The number of esters is 1. The Morgan fingerprint density at radius 3 is 2.88 bits per heavy atom. The molecule has 0 aliphatic carbocycles. The monoisotopic (exact) mass is 234 g/mol. The van der Waals surface area contributed by atoms with Crippen LogP contribution in [0.1, 0.15) is 17.3 Å². The molecule has 88 valence electrons. The first-order chi connectivity index (χ1) is 8.22. The molecule has 17 heavy (non-hydrogen) atoms. The van der Waals surface area contributed by atoms with Gasteiger partial charge in [0.2, 0.25) is 0 Å². The van der Waals surface area contributed by atoms with Gasteiger partial charge >= 0.3 is 5.97 Å². The fourth-order valence-corrected chi connectivity index (χ4v) is 1.49. The van der Waals surface area contributed by atoms with E-state index in [1.807, 2.05) is 0 Å². The molecule has 0 bridgehead atoms. The molecule has 0 spiro atoms. The maximum atomic E-state index is 13.6. The van der Waals surface area contributed by atoms with Crippen molar-refractivity contribution in [2.24, 2.45) is 0 Å². The molecule has 1 aromatic heterocycles. The van der Waals surface area contributed by atoms with Crippen LogP contribution in [0.3, 0.4) is 0 Å². The summed E-state index contributed by atoms with van der Waals surface area (Å²) >= 11 is 0. The summed E-state index contributed by atoms with van der Waals surface area (Å²) in [5.74, 6) is -0.526. The lowest BCUT2D eigenvalue weighted by atomic mass is 10.1. The van der Waals surface area contributed by atoms with Gasteiger partial charge in [-0.1, -0.05) is 0 Å². The van der Waals surface area contributed by atoms with Gasteiger partial charge in [-0.2, -0.15) is 0 Å². The van der Waals surface area contributed by atoms with Gasteiger partial charge in [0.05, 0.1) is 24.0 Å². The van der Waals surface area contributed by atoms with Gasteiger partial charge in [-0.15, -0.1) is 0 Å². The molecule has 4 heteroatoms. The van der Waals surface area contributed by atoms with Gasteiger partial charge in [0, 0.05) is 0 Å². The Labute approximate surface area is 97.8 Å². The number of hydrogen-bond acceptors (Lipinski definition) is 3. The number of rotatable bonds is 3. The van der Waals surface area contributed by atoms with Gasteiger partial charge in [0.1, 0.15) is 11.6 Å². The van der Waals surface area contributed by atoms with E-state index in [1.165, 1.54) is 24.5 Å². The highest BCUT2D eigenvalue weighted by Crippen LogP contribution is 2.24. The minimum atomic E-state index is -0.472. The molecule has 2 aromatic rings. The first kappa shape index (κ1) is 11.4. The molecule has 2 rings (SSSR count). The first-order valence-electron chi connectivity index (χ1n) is 5.23. The molecular weight excluding hydrogens is 223 g/mol. The van der Waals surface area contributed by atoms with Crippen molar-refractivity contribution in [2.75, 3.05) is 6.61 Å². The van der Waals surface area contributed by atoms with Crippen LogP contribution in [0.5, 0.6) is 0 Å². The van der Waals surface area contributed by atoms with Crippen LogP contribution < -0.4 is 0 Å². The Morgan fingerprint density at radius 1 is 1.41 bits per heavy atom. The summed E-state index contributed by atoms with van der Waals surface area (Å²) in [6.07, 6.45) is 1.45. The predicted molar refractivity (Wildman–Crippen MR) is 60.1 cm³/mol. The fraction of sp³-hybridized carbons (Fsp3) is 0.154. The zero-order valence-corrected chi connectivity index (χ0v) is 9.27. The molecule has 0 fully saturated rings. The SMILES string of the molecule is CCOC(=O)c1ccc(F)c(-c2ccco2)c1. The molecule has 0 radical (unpaired) electrons. The van der Waals surface area contributed by atoms with Crippen LogP contribution in [0.4, 0.5) is 4.39 Å². The molecule has 3 nitrogen and oxygen atoms in total. The summed E-state index contributed by atoms with van der Waals surface area (Å²) in [7, 11) is 0. The summed E-state index contributed by atoms with van der Waals surface area (Å²) in [6, 6.07) is 7.33. The molecule has 0 saturated heterocycles. The van der Waals surface area contributed by atoms with Gasteiger partial charge in [-0.25, -0.2) is 9.18 Å². The molecule has 0 aliphatic rings. The first-order valence-corrected chi connectivity index (χ1v) is 5.23. The van der Waals surface area contributed by atoms with Crippen molar-refractivity contribution in [1.29, 1.82) is 0 Å². The molecule has 0 atom stereocenters. The van der Waals surface area contributed by atoms with Crippen LogP contribution in [-0.4, -0.2) is 12.6 Å². The van der Waals surface area contributed by atoms with E-state index in [4.69, 9.17) is 9.15 Å². The molecule has 0 unspecified atom stereocenters. The minimum absolute atomic E-state index is 0.251. The summed E-state index contributed by atoms with van der Waals surface area (Å²) < 4.78 is 23.5. The number of hydrogen-bond donors (Lipinski definition) is 0. The van der Waals surface area contributed by atoms with E-state index in [0.29, 0.717) is 11.3 Å². The Balaban J connectivity index is 2.40. The lowest BCUT2D eigenvalue weighted by Crippen LogP contribution is -2.05. The van der Waals surface area contributed by atoms with E-state index in [2.05, 4.69) is 0 Å². The van der Waals surface area contributed by atoms with Crippen molar-refractivity contribution in [2.45, 2.75) is 6.92 Å². The summed E-state index contributed by atoms with van der Waals surface area (Å²) in [5, 5.41) is 0. The maximum absolute atomic E-state index is 13.6. The van der Waals surface area contributed by atoms with Crippen LogP contribution in [0.2, 0.25) is 0 Å².